The van der Waals surface area contributed by atoms with Crippen molar-refractivity contribution in [2.24, 2.45) is 0 Å². The Morgan fingerprint density at radius 3 is 1.04 bits per heavy atom. The van der Waals surface area contributed by atoms with Crippen molar-refractivity contribution in [3.8, 4) is 11.1 Å². The molecule has 1 unspecified atom stereocenters. The molecule has 0 radical (unpaired) electrons. The fourth-order valence-corrected chi connectivity index (χ4v) is 15.1. The highest BCUT2D eigenvalue weighted by Gasteiger charge is 2.51. The van der Waals surface area contributed by atoms with Gasteiger partial charge in [0, 0.05) is 60.8 Å². The summed E-state index contributed by atoms with van der Waals surface area (Å²) in [7, 11) is 0. The average molecular weight is 1260 g/mol. The molecule has 0 bridgehead atoms. The van der Waals surface area contributed by atoms with Gasteiger partial charge < -0.3 is 23.1 Å². The van der Waals surface area contributed by atoms with E-state index in [0.717, 1.165) is 133 Å². The van der Waals surface area contributed by atoms with E-state index in [9.17, 15) is 0 Å². The van der Waals surface area contributed by atoms with Gasteiger partial charge in [-0.25, -0.2) is 0 Å². The lowest BCUT2D eigenvalue weighted by Crippen LogP contribution is -2.29. The fourth-order valence-electron chi connectivity index (χ4n) is 15.1. The first kappa shape index (κ1) is 62.5. The van der Waals surface area contributed by atoms with Crippen LogP contribution in [0.3, 0.4) is 0 Å². The lowest BCUT2D eigenvalue weighted by molar-refractivity contribution is 0.589. The number of rotatable bonds is 8. The third kappa shape index (κ3) is 10.2. The zero-order valence-electron chi connectivity index (χ0n) is 59.4. The van der Waals surface area contributed by atoms with Crippen molar-refractivity contribution >= 4 is 99.9 Å². The maximum Gasteiger partial charge on any atom is 0.160 e. The summed E-state index contributed by atoms with van der Waals surface area (Å²) in [5.74, 6) is 0. The molecule has 0 saturated carbocycles. The largest absolute Gasteiger partial charge is 0.456 e. The van der Waals surface area contributed by atoms with Gasteiger partial charge in [-0.1, -0.05) is 246 Å². The lowest BCUT2D eigenvalue weighted by Gasteiger charge is -2.36. The van der Waals surface area contributed by atoms with Crippen LogP contribution in [-0.2, 0) is 37.9 Å². The molecule has 0 amide bonds. The molecule has 14 aromatic rings. The monoisotopic (exact) mass is 1260 g/mol. The second kappa shape index (κ2) is 21.7. The molecule has 0 aliphatic heterocycles. The van der Waals surface area contributed by atoms with E-state index < -0.39 is 5.41 Å². The highest BCUT2D eigenvalue weighted by atomic mass is 16.3. The SMILES string of the molecule is CC(C)(C)c1ccc(N(c2ccc(C(C)(C)C)cc2)c2cc3c(c4c2oc2ccccc24)-c2c(cc(N(c4ccc(C(C)(C)C)cc4)c4ccc(C(C)(C)C)cc4)c4c2oc2ccccc24)C3(c2ccc(C(C)(C)C)cc2)c2ccc3oc4ccc(C(C)(C)C)cc4c3c2)cc1. The lowest BCUT2D eigenvalue weighted by atomic mass is 9.66. The first-order chi connectivity index (χ1) is 45.4. The average Bonchev–Trinajstić information content (AvgIpc) is 1.50. The van der Waals surface area contributed by atoms with Gasteiger partial charge in [-0.15, -0.1) is 0 Å². The molecule has 5 nitrogen and oxygen atoms in total. The number of benzene rings is 11. The minimum Gasteiger partial charge on any atom is -0.456 e. The molecule has 1 aliphatic rings. The normalized spacial score (nSPS) is 14.8. The summed E-state index contributed by atoms with van der Waals surface area (Å²) in [6, 6.07) is 82.8. The molecule has 5 heteroatoms. The third-order valence-corrected chi connectivity index (χ3v) is 20.7. The van der Waals surface area contributed by atoms with E-state index in [4.69, 9.17) is 13.3 Å². The Morgan fingerprint density at radius 2 is 0.594 bits per heavy atom. The van der Waals surface area contributed by atoms with E-state index in [1.807, 2.05) is 0 Å². The van der Waals surface area contributed by atoms with E-state index in [-0.39, 0.29) is 32.5 Å². The van der Waals surface area contributed by atoms with E-state index in [1.54, 1.807) is 0 Å². The van der Waals surface area contributed by atoms with Gasteiger partial charge in [0.05, 0.1) is 22.2 Å². The zero-order valence-corrected chi connectivity index (χ0v) is 59.4. The predicted octanol–water partition coefficient (Wildman–Crippen LogP) is 26.5. The fraction of sp³-hybridized carbons (Fsp3) is 0.275. The molecular weight excluding hydrogens is 1170 g/mol. The molecule has 3 aromatic heterocycles. The topological polar surface area (TPSA) is 45.9 Å². The van der Waals surface area contributed by atoms with Crippen LogP contribution in [0.2, 0.25) is 0 Å². The van der Waals surface area contributed by atoms with Gasteiger partial charge in [0.2, 0.25) is 0 Å². The summed E-state index contributed by atoms with van der Waals surface area (Å²) in [5.41, 5.74) is 23.6. The molecule has 0 fully saturated rings. The predicted molar refractivity (Wildman–Crippen MR) is 407 cm³/mol. The quantitative estimate of drug-likeness (QED) is 0.152. The van der Waals surface area contributed by atoms with Crippen LogP contribution >= 0.6 is 0 Å². The molecule has 11 aromatic carbocycles. The van der Waals surface area contributed by atoms with Crippen LogP contribution in [0.25, 0.3) is 76.9 Å². The van der Waals surface area contributed by atoms with Gasteiger partial charge in [0.1, 0.15) is 27.9 Å². The van der Waals surface area contributed by atoms with Crippen LogP contribution in [0.4, 0.5) is 34.1 Å². The van der Waals surface area contributed by atoms with E-state index >= 15 is 0 Å². The molecule has 1 aliphatic carbocycles. The smallest absolute Gasteiger partial charge is 0.160 e. The molecule has 482 valence electrons. The number of anilines is 6. The Hall–Kier alpha value is -9.58. The van der Waals surface area contributed by atoms with Gasteiger partial charge in [0.25, 0.3) is 0 Å². The molecule has 15 rings (SSSR count). The molecule has 0 spiro atoms. The van der Waals surface area contributed by atoms with Gasteiger partial charge in [0.15, 0.2) is 5.58 Å². The summed E-state index contributed by atoms with van der Waals surface area (Å²) in [6.07, 6.45) is 0. The van der Waals surface area contributed by atoms with Crippen LogP contribution in [0.5, 0.6) is 0 Å². The number of nitrogens with zero attached hydrogens (tertiary/aromatic N) is 2. The highest BCUT2D eigenvalue weighted by Crippen LogP contribution is 2.65. The maximum absolute atomic E-state index is 7.78. The maximum atomic E-state index is 7.78. The van der Waals surface area contributed by atoms with Gasteiger partial charge >= 0.3 is 0 Å². The summed E-state index contributed by atoms with van der Waals surface area (Å²) in [6.45, 7) is 41.3. The summed E-state index contributed by atoms with van der Waals surface area (Å²) in [5, 5.41) is 6.28. The van der Waals surface area contributed by atoms with E-state index in [2.05, 4.69) is 353 Å². The number of hydrogen-bond donors (Lipinski definition) is 0. The van der Waals surface area contributed by atoms with Crippen LogP contribution < -0.4 is 9.80 Å². The first-order valence-electron chi connectivity index (χ1n) is 34.5. The minimum absolute atomic E-state index is 0.0638. The summed E-state index contributed by atoms with van der Waals surface area (Å²) < 4.78 is 22.3. The molecule has 3 heterocycles. The van der Waals surface area contributed by atoms with Gasteiger partial charge in [-0.3, -0.25) is 0 Å². The van der Waals surface area contributed by atoms with Crippen molar-refractivity contribution in [2.45, 2.75) is 163 Å². The van der Waals surface area contributed by atoms with Gasteiger partial charge in [-0.2, -0.15) is 0 Å². The highest BCUT2D eigenvalue weighted by molar-refractivity contribution is 6.26. The standard InChI is InChI=1S/C91H90N2O3/c1-85(2,3)55-27-29-60(30-28-55)91(62-40-50-78-70(52-62)69-51-61(90(16,17)18)39-49-77(69)94-78)71-54-74(93(65-45-35-58(36-46-65)88(10,11)12)66-47-37-59(38-48-66)89(13,14)15)83-80(68-24-20-22-26-76(68)95-83)81(71)82-72(91)53-73(79-67-23-19-21-25-75(67)96-84(79)82)92(63-41-31-56(32-42-63)86(4,5)6)64-43-33-57(34-44-64)87(7,8)9/h19-54H,1-18H3. The number of hydrogen-bond acceptors (Lipinski definition) is 5. The Bertz CT molecular complexity index is 5240. The van der Waals surface area contributed by atoms with Crippen molar-refractivity contribution in [2.75, 3.05) is 9.80 Å². The Morgan fingerprint density at radius 1 is 0.260 bits per heavy atom. The minimum atomic E-state index is -1.06. The molecule has 1 atom stereocenters. The molecular formula is C91H90N2O3. The Labute approximate surface area is 567 Å². The molecule has 0 saturated heterocycles. The van der Waals surface area contributed by atoms with Crippen LogP contribution in [0, 0.1) is 0 Å². The van der Waals surface area contributed by atoms with Crippen molar-refractivity contribution < 1.29 is 13.3 Å². The second-order valence-corrected chi connectivity index (χ2v) is 33.5. The van der Waals surface area contributed by atoms with E-state index in [1.165, 1.54) is 33.4 Å². The van der Waals surface area contributed by atoms with Gasteiger partial charge in [-0.05, 0) is 185 Å². The number of furan rings is 3. The van der Waals surface area contributed by atoms with Crippen molar-refractivity contribution in [1.29, 1.82) is 0 Å². The molecule has 96 heavy (non-hydrogen) atoms. The van der Waals surface area contributed by atoms with Crippen molar-refractivity contribution in [3.05, 3.63) is 274 Å². The van der Waals surface area contributed by atoms with Crippen LogP contribution in [0.15, 0.2) is 232 Å². The zero-order chi connectivity index (χ0) is 67.6. The Kier molecular flexibility index (Phi) is 14.1. The van der Waals surface area contributed by atoms with Crippen molar-refractivity contribution in [3.63, 3.8) is 0 Å². The van der Waals surface area contributed by atoms with Crippen LogP contribution in [0.1, 0.15) is 180 Å². The summed E-state index contributed by atoms with van der Waals surface area (Å²) >= 11 is 0. The number of fused-ring (bicyclic) bond motifs is 14. The number of para-hydroxylation sites is 2. The van der Waals surface area contributed by atoms with Crippen LogP contribution in [-0.4, -0.2) is 0 Å². The first-order valence-corrected chi connectivity index (χ1v) is 34.5. The van der Waals surface area contributed by atoms with Crippen molar-refractivity contribution in [1.82, 2.24) is 0 Å². The van der Waals surface area contributed by atoms with E-state index in [0.29, 0.717) is 0 Å². The molecule has 0 N–H and O–H groups in total. The second-order valence-electron chi connectivity index (χ2n) is 33.5. The third-order valence-electron chi connectivity index (χ3n) is 20.7. The Balaban J connectivity index is 1.17. The summed E-state index contributed by atoms with van der Waals surface area (Å²) in [4.78, 5) is 4.95.